The van der Waals surface area contributed by atoms with Crippen LogP contribution in [0.4, 0.5) is 4.39 Å². The molecule has 0 amide bonds. The molecule has 2 nitrogen and oxygen atoms in total. The number of benzene rings is 1. The molecular formula is C10H10FIO2. The molecule has 0 bridgehead atoms. The number of hydrogen-bond donors (Lipinski definition) is 1. The molecule has 0 radical (unpaired) electrons. The molecule has 1 aromatic rings. The predicted molar refractivity (Wildman–Crippen MR) is 59.8 cm³/mol. The Balaban J connectivity index is 3.26. The van der Waals surface area contributed by atoms with Gasteiger partial charge in [0.2, 0.25) is 0 Å². The minimum absolute atomic E-state index is 0.348. The van der Waals surface area contributed by atoms with E-state index in [-0.39, 0.29) is 5.82 Å². The summed E-state index contributed by atoms with van der Waals surface area (Å²) in [5.41, 5.74) is -0.350. The van der Waals surface area contributed by atoms with E-state index < -0.39 is 11.4 Å². The van der Waals surface area contributed by atoms with Gasteiger partial charge >= 0.3 is 5.97 Å². The molecule has 1 N–H and O–H groups in total. The van der Waals surface area contributed by atoms with Gasteiger partial charge in [-0.1, -0.05) is 6.07 Å². The van der Waals surface area contributed by atoms with E-state index in [0.29, 0.717) is 9.13 Å². The second-order valence-corrected chi connectivity index (χ2v) is 4.72. The lowest BCUT2D eigenvalue weighted by Crippen LogP contribution is -2.29. The smallest absolute Gasteiger partial charge is 0.313 e. The average Bonchev–Trinajstić information content (AvgIpc) is 2.02. The van der Waals surface area contributed by atoms with Crippen LogP contribution >= 0.6 is 22.6 Å². The molecule has 0 saturated carbocycles. The van der Waals surface area contributed by atoms with E-state index in [1.54, 1.807) is 13.8 Å². The lowest BCUT2D eigenvalue weighted by atomic mass is 9.85. The fraction of sp³-hybridized carbons (Fsp3) is 0.300. The Morgan fingerprint density at radius 1 is 1.50 bits per heavy atom. The Kier molecular flexibility index (Phi) is 3.14. The summed E-state index contributed by atoms with van der Waals surface area (Å²) in [5.74, 6) is -1.26. The fourth-order valence-electron chi connectivity index (χ4n) is 1.11. The van der Waals surface area contributed by atoms with Crippen LogP contribution in [0.2, 0.25) is 0 Å². The van der Waals surface area contributed by atoms with Crippen LogP contribution in [0.1, 0.15) is 19.4 Å². The molecular weight excluding hydrogens is 298 g/mol. The van der Waals surface area contributed by atoms with E-state index in [9.17, 15) is 9.18 Å². The van der Waals surface area contributed by atoms with Crippen molar-refractivity contribution in [1.82, 2.24) is 0 Å². The SMILES string of the molecule is CC(C)(C(=O)O)c1ccc(F)cc1I. The zero-order valence-corrected chi connectivity index (χ0v) is 10.0. The molecule has 14 heavy (non-hydrogen) atoms. The van der Waals surface area contributed by atoms with Gasteiger partial charge in [-0.05, 0) is 54.1 Å². The number of rotatable bonds is 2. The lowest BCUT2D eigenvalue weighted by molar-refractivity contribution is -0.142. The molecule has 1 aromatic carbocycles. The molecule has 0 fully saturated rings. The molecule has 76 valence electrons. The third-order valence-electron chi connectivity index (χ3n) is 2.14. The molecule has 0 aliphatic heterocycles. The van der Waals surface area contributed by atoms with Gasteiger partial charge in [0.25, 0.3) is 0 Å². The van der Waals surface area contributed by atoms with Gasteiger partial charge in [0.1, 0.15) is 5.82 Å². The highest BCUT2D eigenvalue weighted by Gasteiger charge is 2.31. The maximum absolute atomic E-state index is 12.8. The third kappa shape index (κ3) is 2.05. The fourth-order valence-corrected chi connectivity index (χ4v) is 2.26. The van der Waals surface area contributed by atoms with E-state index >= 15 is 0 Å². The quantitative estimate of drug-likeness (QED) is 0.853. The summed E-state index contributed by atoms with van der Waals surface area (Å²) in [4.78, 5) is 11.0. The van der Waals surface area contributed by atoms with E-state index in [2.05, 4.69) is 0 Å². The molecule has 0 saturated heterocycles. The normalized spacial score (nSPS) is 11.4. The van der Waals surface area contributed by atoms with Crippen molar-refractivity contribution in [3.63, 3.8) is 0 Å². The summed E-state index contributed by atoms with van der Waals surface area (Å²) in [6.45, 7) is 3.20. The van der Waals surface area contributed by atoms with Crippen LogP contribution in [0, 0.1) is 9.39 Å². The number of halogens is 2. The zero-order chi connectivity index (χ0) is 10.9. The van der Waals surface area contributed by atoms with Crippen molar-refractivity contribution in [2.45, 2.75) is 19.3 Å². The van der Waals surface area contributed by atoms with Gasteiger partial charge in [-0.15, -0.1) is 0 Å². The van der Waals surface area contributed by atoms with Crippen LogP contribution in [-0.2, 0) is 10.2 Å². The molecule has 0 aliphatic carbocycles. The van der Waals surface area contributed by atoms with Crippen LogP contribution in [0.15, 0.2) is 18.2 Å². The first-order valence-electron chi connectivity index (χ1n) is 4.04. The summed E-state index contributed by atoms with van der Waals surface area (Å²) in [6.07, 6.45) is 0. The van der Waals surface area contributed by atoms with Gasteiger partial charge in [-0.25, -0.2) is 4.39 Å². The topological polar surface area (TPSA) is 37.3 Å². The van der Waals surface area contributed by atoms with E-state index in [0.717, 1.165) is 0 Å². The molecule has 0 aliphatic rings. The highest BCUT2D eigenvalue weighted by molar-refractivity contribution is 14.1. The minimum atomic E-state index is -0.982. The summed E-state index contributed by atoms with van der Waals surface area (Å²) < 4.78 is 13.4. The molecule has 0 unspecified atom stereocenters. The highest BCUT2D eigenvalue weighted by atomic mass is 127. The molecule has 1 rings (SSSR count). The van der Waals surface area contributed by atoms with Crippen molar-refractivity contribution in [3.8, 4) is 0 Å². The van der Waals surface area contributed by atoms with Crippen molar-refractivity contribution in [2.24, 2.45) is 0 Å². The van der Waals surface area contributed by atoms with Crippen LogP contribution in [0.3, 0.4) is 0 Å². The summed E-state index contributed by atoms with van der Waals surface area (Å²) in [5, 5.41) is 8.99. The largest absolute Gasteiger partial charge is 0.481 e. The molecule has 0 heterocycles. The van der Waals surface area contributed by atoms with Crippen LogP contribution < -0.4 is 0 Å². The van der Waals surface area contributed by atoms with Crippen LogP contribution in [0.5, 0.6) is 0 Å². The van der Waals surface area contributed by atoms with Gasteiger partial charge in [-0.2, -0.15) is 0 Å². The monoisotopic (exact) mass is 308 g/mol. The second-order valence-electron chi connectivity index (χ2n) is 3.55. The van der Waals surface area contributed by atoms with Gasteiger partial charge < -0.3 is 5.11 Å². The summed E-state index contributed by atoms with van der Waals surface area (Å²) in [6, 6.07) is 4.13. The lowest BCUT2D eigenvalue weighted by Gasteiger charge is -2.21. The van der Waals surface area contributed by atoms with Crippen molar-refractivity contribution in [2.75, 3.05) is 0 Å². The van der Waals surface area contributed by atoms with Gasteiger partial charge in [0.15, 0.2) is 0 Å². The standard InChI is InChI=1S/C10H10FIO2/c1-10(2,9(13)14)7-4-3-6(11)5-8(7)12/h3-5H,1-2H3,(H,13,14). The molecule has 0 aromatic heterocycles. The Hall–Kier alpha value is -0.650. The first kappa shape index (κ1) is 11.4. The number of carboxylic acid groups (broad SMARTS) is 1. The van der Waals surface area contributed by atoms with Gasteiger partial charge in [-0.3, -0.25) is 4.79 Å². The Bertz CT molecular complexity index is 374. The van der Waals surface area contributed by atoms with Crippen LogP contribution in [0.25, 0.3) is 0 Å². The minimum Gasteiger partial charge on any atom is -0.481 e. The maximum atomic E-state index is 12.8. The molecule has 0 spiro atoms. The maximum Gasteiger partial charge on any atom is 0.313 e. The highest BCUT2D eigenvalue weighted by Crippen LogP contribution is 2.28. The number of hydrogen-bond acceptors (Lipinski definition) is 1. The van der Waals surface area contributed by atoms with E-state index in [1.165, 1.54) is 18.2 Å². The van der Waals surface area contributed by atoms with E-state index in [4.69, 9.17) is 5.11 Å². The van der Waals surface area contributed by atoms with Crippen molar-refractivity contribution in [1.29, 1.82) is 0 Å². The number of aliphatic carboxylic acids is 1. The first-order chi connectivity index (χ1) is 6.35. The molecule has 0 atom stereocenters. The second kappa shape index (κ2) is 3.84. The van der Waals surface area contributed by atoms with Crippen molar-refractivity contribution >= 4 is 28.6 Å². The average molecular weight is 308 g/mol. The Morgan fingerprint density at radius 3 is 2.50 bits per heavy atom. The zero-order valence-electron chi connectivity index (χ0n) is 7.84. The van der Waals surface area contributed by atoms with Crippen molar-refractivity contribution in [3.05, 3.63) is 33.1 Å². The predicted octanol–water partition coefficient (Wildman–Crippen LogP) is 2.79. The number of carboxylic acids is 1. The molecule has 4 heteroatoms. The van der Waals surface area contributed by atoms with Crippen molar-refractivity contribution < 1.29 is 14.3 Å². The van der Waals surface area contributed by atoms with Gasteiger partial charge in [0.05, 0.1) is 5.41 Å². The number of carbonyl (C=O) groups is 1. The first-order valence-corrected chi connectivity index (χ1v) is 5.12. The van der Waals surface area contributed by atoms with E-state index in [1.807, 2.05) is 22.6 Å². The van der Waals surface area contributed by atoms with Gasteiger partial charge in [0, 0.05) is 3.57 Å². The summed E-state index contributed by atoms with van der Waals surface area (Å²) >= 11 is 1.94. The Labute approximate surface area is 95.3 Å². The van der Waals surface area contributed by atoms with Crippen LogP contribution in [-0.4, -0.2) is 11.1 Å². The summed E-state index contributed by atoms with van der Waals surface area (Å²) in [7, 11) is 0. The Morgan fingerprint density at radius 2 is 2.07 bits per heavy atom. The third-order valence-corrected chi connectivity index (χ3v) is 3.03.